The quantitative estimate of drug-likeness (QED) is 0.752. The molecule has 1 aromatic heterocycles. The Kier molecular flexibility index (Phi) is 5.05. The van der Waals surface area contributed by atoms with E-state index in [4.69, 9.17) is 9.72 Å². The third-order valence-electron chi connectivity index (χ3n) is 5.25. The zero-order valence-corrected chi connectivity index (χ0v) is 15.3. The highest BCUT2D eigenvalue weighted by molar-refractivity contribution is 5.78. The number of nitrogens with zero attached hydrogens (tertiary/aromatic N) is 2. The molecule has 0 saturated carbocycles. The van der Waals surface area contributed by atoms with Gasteiger partial charge < -0.3 is 9.84 Å². The van der Waals surface area contributed by atoms with Gasteiger partial charge in [-0.05, 0) is 36.8 Å². The Balaban J connectivity index is 1.45. The number of methoxy groups -OCH3 is 1. The number of β-amino-alcohol motifs (C(OH)–C–C–N with tert-alkyl or cyclic N) is 1. The largest absolute Gasteiger partial charge is 0.496 e. The van der Waals surface area contributed by atoms with Crippen LogP contribution in [0.15, 0.2) is 54.6 Å². The van der Waals surface area contributed by atoms with Crippen molar-refractivity contribution in [3.05, 3.63) is 71.7 Å². The van der Waals surface area contributed by atoms with Crippen molar-refractivity contribution in [2.24, 2.45) is 5.92 Å². The van der Waals surface area contributed by atoms with Crippen LogP contribution < -0.4 is 4.74 Å². The summed E-state index contributed by atoms with van der Waals surface area (Å²) in [5.41, 5.74) is 2.76. The molecule has 0 unspecified atom stereocenters. The van der Waals surface area contributed by atoms with Gasteiger partial charge in [-0.25, -0.2) is 4.39 Å². The maximum atomic E-state index is 13.6. The number of aliphatic hydroxyl groups excluding tert-OH is 1. The van der Waals surface area contributed by atoms with Gasteiger partial charge in [-0.1, -0.05) is 24.3 Å². The van der Waals surface area contributed by atoms with Crippen molar-refractivity contribution < 1.29 is 14.2 Å². The van der Waals surface area contributed by atoms with Crippen LogP contribution in [0.3, 0.4) is 0 Å². The van der Waals surface area contributed by atoms with Gasteiger partial charge in [-0.3, -0.25) is 9.88 Å². The molecule has 0 bridgehead atoms. The summed E-state index contributed by atoms with van der Waals surface area (Å²) in [5, 5.41) is 11.6. The number of hydrogen-bond donors (Lipinski definition) is 1. The van der Waals surface area contributed by atoms with E-state index in [2.05, 4.69) is 11.0 Å². The van der Waals surface area contributed by atoms with E-state index < -0.39 is 6.10 Å². The fourth-order valence-electron chi connectivity index (χ4n) is 3.87. The molecule has 5 heteroatoms. The molecule has 1 saturated heterocycles. The van der Waals surface area contributed by atoms with Crippen molar-refractivity contribution in [2.45, 2.75) is 19.1 Å². The van der Waals surface area contributed by atoms with Crippen molar-refractivity contribution in [1.29, 1.82) is 0 Å². The van der Waals surface area contributed by atoms with Gasteiger partial charge in [0.15, 0.2) is 0 Å². The summed E-state index contributed by atoms with van der Waals surface area (Å²) < 4.78 is 18.9. The van der Waals surface area contributed by atoms with Crippen LogP contribution in [0.5, 0.6) is 5.75 Å². The topological polar surface area (TPSA) is 45.6 Å². The third kappa shape index (κ3) is 3.94. The minimum atomic E-state index is -0.419. The van der Waals surface area contributed by atoms with E-state index in [0.717, 1.165) is 35.1 Å². The Hall–Kier alpha value is -2.50. The number of likely N-dealkylation sites (tertiary alicyclic amines) is 1. The van der Waals surface area contributed by atoms with Crippen LogP contribution in [0.1, 0.15) is 11.3 Å². The number of rotatable bonds is 5. The number of benzene rings is 2. The highest BCUT2D eigenvalue weighted by Crippen LogP contribution is 2.27. The summed E-state index contributed by atoms with van der Waals surface area (Å²) in [6.07, 6.45) is 0.306. The van der Waals surface area contributed by atoms with Gasteiger partial charge in [0.1, 0.15) is 11.6 Å². The van der Waals surface area contributed by atoms with E-state index in [1.807, 2.05) is 30.3 Å². The normalized spacial score (nSPS) is 20.3. The number of halogens is 1. The number of fused-ring (bicyclic) bond motifs is 1. The van der Waals surface area contributed by atoms with Gasteiger partial charge in [0.05, 0.1) is 18.7 Å². The highest BCUT2D eigenvalue weighted by atomic mass is 19.1. The van der Waals surface area contributed by atoms with Gasteiger partial charge in [-0.15, -0.1) is 0 Å². The van der Waals surface area contributed by atoms with Crippen LogP contribution in [-0.2, 0) is 13.0 Å². The molecular formula is C22H23FN2O2. The standard InChI is InChI=1S/C22H23FN2O2/c1-27-22-9-7-18(23)10-17(22)13-25-12-16(21(26)14-25)11-19-8-6-15-4-2-3-5-20(15)24-19/h2-10,16,21,26H,11-14H2,1H3/t16-,21-/m1/s1. The van der Waals surface area contributed by atoms with E-state index in [0.29, 0.717) is 18.8 Å². The van der Waals surface area contributed by atoms with Crippen molar-refractivity contribution in [1.82, 2.24) is 9.88 Å². The number of aromatic nitrogens is 1. The molecule has 0 radical (unpaired) electrons. The number of hydrogen-bond acceptors (Lipinski definition) is 4. The number of aliphatic hydroxyl groups is 1. The van der Waals surface area contributed by atoms with Crippen molar-refractivity contribution in [3.8, 4) is 5.75 Å². The lowest BCUT2D eigenvalue weighted by molar-refractivity contribution is 0.140. The smallest absolute Gasteiger partial charge is 0.123 e. The molecule has 0 spiro atoms. The molecule has 140 valence electrons. The molecule has 0 amide bonds. The average Bonchev–Trinajstić information content (AvgIpc) is 3.01. The average molecular weight is 366 g/mol. The van der Waals surface area contributed by atoms with E-state index in [1.165, 1.54) is 12.1 Å². The second-order valence-electron chi connectivity index (χ2n) is 7.18. The third-order valence-corrected chi connectivity index (χ3v) is 5.25. The molecule has 4 rings (SSSR count). The number of pyridine rings is 1. The zero-order valence-electron chi connectivity index (χ0n) is 15.3. The van der Waals surface area contributed by atoms with Gasteiger partial charge in [-0.2, -0.15) is 0 Å². The second kappa shape index (κ2) is 7.62. The SMILES string of the molecule is COc1ccc(F)cc1CN1C[C@@H](Cc2ccc3ccccc3n2)[C@H](O)C1. The number of para-hydroxylation sites is 1. The summed E-state index contributed by atoms with van der Waals surface area (Å²) in [6.45, 7) is 1.87. The van der Waals surface area contributed by atoms with Crippen LogP contribution in [0.2, 0.25) is 0 Å². The molecule has 1 aliphatic heterocycles. The summed E-state index contributed by atoms with van der Waals surface area (Å²) in [7, 11) is 1.59. The van der Waals surface area contributed by atoms with E-state index in [1.54, 1.807) is 13.2 Å². The van der Waals surface area contributed by atoms with Gasteiger partial charge in [0.25, 0.3) is 0 Å². The Labute approximate surface area is 158 Å². The molecule has 4 nitrogen and oxygen atoms in total. The molecule has 27 heavy (non-hydrogen) atoms. The van der Waals surface area contributed by atoms with Crippen LogP contribution in [0, 0.1) is 11.7 Å². The van der Waals surface area contributed by atoms with Crippen LogP contribution in [0.4, 0.5) is 4.39 Å². The molecule has 2 heterocycles. The fourth-order valence-corrected chi connectivity index (χ4v) is 3.87. The lowest BCUT2D eigenvalue weighted by atomic mass is 9.99. The minimum absolute atomic E-state index is 0.109. The first-order chi connectivity index (χ1) is 13.1. The van der Waals surface area contributed by atoms with Crippen molar-refractivity contribution >= 4 is 10.9 Å². The Morgan fingerprint density at radius 1 is 1.15 bits per heavy atom. The van der Waals surface area contributed by atoms with Gasteiger partial charge in [0.2, 0.25) is 0 Å². The summed E-state index contributed by atoms with van der Waals surface area (Å²) >= 11 is 0. The molecule has 1 fully saturated rings. The lowest BCUT2D eigenvalue weighted by Gasteiger charge is -2.17. The molecule has 1 N–H and O–H groups in total. The fraction of sp³-hybridized carbons (Fsp3) is 0.318. The summed E-state index contributed by atoms with van der Waals surface area (Å²) in [5.74, 6) is 0.506. The van der Waals surface area contributed by atoms with Gasteiger partial charge in [0, 0.05) is 42.2 Å². The van der Waals surface area contributed by atoms with E-state index >= 15 is 0 Å². The first kappa shape index (κ1) is 17.9. The van der Waals surface area contributed by atoms with Crippen LogP contribution in [0.25, 0.3) is 10.9 Å². The predicted molar refractivity (Wildman–Crippen MR) is 103 cm³/mol. The molecule has 0 aliphatic carbocycles. The molecule has 2 atom stereocenters. The number of ether oxygens (including phenoxy) is 1. The Bertz CT molecular complexity index is 946. The Morgan fingerprint density at radius 3 is 2.85 bits per heavy atom. The summed E-state index contributed by atoms with van der Waals surface area (Å²) in [6, 6.07) is 16.7. The molecule has 1 aliphatic rings. The Morgan fingerprint density at radius 2 is 2.00 bits per heavy atom. The zero-order chi connectivity index (χ0) is 18.8. The molecule has 3 aromatic rings. The van der Waals surface area contributed by atoms with Crippen LogP contribution >= 0.6 is 0 Å². The first-order valence-corrected chi connectivity index (χ1v) is 9.20. The van der Waals surface area contributed by atoms with Crippen molar-refractivity contribution in [2.75, 3.05) is 20.2 Å². The first-order valence-electron chi connectivity index (χ1n) is 9.20. The van der Waals surface area contributed by atoms with Gasteiger partial charge >= 0.3 is 0 Å². The predicted octanol–water partition coefficient (Wildman–Crippen LogP) is 3.42. The lowest BCUT2D eigenvalue weighted by Crippen LogP contribution is -2.21. The maximum Gasteiger partial charge on any atom is 0.123 e. The van der Waals surface area contributed by atoms with E-state index in [9.17, 15) is 9.50 Å². The van der Waals surface area contributed by atoms with E-state index in [-0.39, 0.29) is 11.7 Å². The van der Waals surface area contributed by atoms with Crippen LogP contribution in [-0.4, -0.2) is 41.3 Å². The molecular weight excluding hydrogens is 343 g/mol. The second-order valence-corrected chi connectivity index (χ2v) is 7.18. The monoisotopic (exact) mass is 366 g/mol. The highest BCUT2D eigenvalue weighted by Gasteiger charge is 2.32. The maximum absolute atomic E-state index is 13.6. The van der Waals surface area contributed by atoms with Crippen molar-refractivity contribution in [3.63, 3.8) is 0 Å². The molecule has 2 aromatic carbocycles. The minimum Gasteiger partial charge on any atom is -0.496 e. The summed E-state index contributed by atoms with van der Waals surface area (Å²) in [4.78, 5) is 6.87.